The van der Waals surface area contributed by atoms with Gasteiger partial charge in [0.1, 0.15) is 4.90 Å². The molecule has 9 heteroatoms. The van der Waals surface area contributed by atoms with Crippen molar-refractivity contribution in [2.24, 2.45) is 4.99 Å². The minimum absolute atomic E-state index is 0.101. The number of rotatable bonds is 8. The van der Waals surface area contributed by atoms with Gasteiger partial charge in [-0.3, -0.25) is 9.55 Å². The summed E-state index contributed by atoms with van der Waals surface area (Å²) in [6.07, 6.45) is 13.9. The number of allylic oxidation sites excluding steroid dienone is 8. The van der Waals surface area contributed by atoms with E-state index in [2.05, 4.69) is 16.9 Å². The van der Waals surface area contributed by atoms with Crippen LogP contribution in [0.25, 0.3) is 16.9 Å². The van der Waals surface area contributed by atoms with Crippen LogP contribution in [0.15, 0.2) is 74.7 Å². The van der Waals surface area contributed by atoms with Crippen LogP contribution in [-0.2, 0) is 10.1 Å². The molecule has 174 valence electrons. The quantitative estimate of drug-likeness (QED) is 0.546. The molecule has 0 aliphatic heterocycles. The molecule has 1 aliphatic carbocycles. The van der Waals surface area contributed by atoms with Crippen LogP contribution in [0.4, 0.5) is 0 Å². The molecular weight excluding hydrogens is 444 g/mol. The molecule has 1 aliphatic rings. The minimum Gasteiger partial charge on any atom is -0.493 e. The zero-order valence-corrected chi connectivity index (χ0v) is 19.7. The Labute approximate surface area is 193 Å². The summed E-state index contributed by atoms with van der Waals surface area (Å²) < 4.78 is 49.9. The first kappa shape index (κ1) is 24.2. The molecule has 1 N–H and O–H groups in total. The van der Waals surface area contributed by atoms with Crippen LogP contribution in [0.3, 0.4) is 0 Å². The molecular formula is C24H26N2O6S. The molecule has 0 saturated carbocycles. The van der Waals surface area contributed by atoms with Crippen LogP contribution in [0.5, 0.6) is 11.5 Å². The van der Waals surface area contributed by atoms with E-state index >= 15 is 0 Å². The van der Waals surface area contributed by atoms with Crippen molar-refractivity contribution in [2.45, 2.75) is 25.2 Å². The van der Waals surface area contributed by atoms with Crippen LogP contribution < -0.4 is 9.47 Å². The molecule has 2 aromatic rings. The third kappa shape index (κ3) is 5.32. The highest BCUT2D eigenvalue weighted by Gasteiger charge is 2.24. The zero-order valence-electron chi connectivity index (χ0n) is 18.9. The molecule has 1 aromatic carbocycles. The second kappa shape index (κ2) is 10.5. The van der Waals surface area contributed by atoms with Gasteiger partial charge in [0.2, 0.25) is 5.89 Å². The smallest absolute Gasteiger partial charge is 0.298 e. The van der Waals surface area contributed by atoms with Gasteiger partial charge in [-0.05, 0) is 31.6 Å². The Morgan fingerprint density at radius 3 is 2.61 bits per heavy atom. The maximum Gasteiger partial charge on any atom is 0.298 e. The summed E-state index contributed by atoms with van der Waals surface area (Å²) in [6, 6.07) is 2.80. The molecule has 3 rings (SSSR count). The Kier molecular flexibility index (Phi) is 7.67. The van der Waals surface area contributed by atoms with Crippen molar-refractivity contribution in [3.05, 3.63) is 66.2 Å². The predicted molar refractivity (Wildman–Crippen MR) is 127 cm³/mol. The van der Waals surface area contributed by atoms with Gasteiger partial charge < -0.3 is 13.9 Å². The van der Waals surface area contributed by atoms with Gasteiger partial charge in [0, 0.05) is 23.3 Å². The number of nitrogens with zero attached hydrogens (tertiary/aromatic N) is 2. The average molecular weight is 471 g/mol. The average Bonchev–Trinajstić information content (AvgIpc) is 3.30. The summed E-state index contributed by atoms with van der Waals surface area (Å²) in [4.78, 5) is 8.64. The number of ether oxygens (including phenoxy) is 2. The third-order valence-corrected chi connectivity index (χ3v) is 5.64. The van der Waals surface area contributed by atoms with Crippen LogP contribution in [0.1, 0.15) is 26.2 Å². The van der Waals surface area contributed by atoms with Gasteiger partial charge in [-0.1, -0.05) is 37.3 Å². The highest BCUT2D eigenvalue weighted by molar-refractivity contribution is 7.86. The molecule has 0 atom stereocenters. The van der Waals surface area contributed by atoms with E-state index in [-0.39, 0.29) is 11.5 Å². The van der Waals surface area contributed by atoms with Gasteiger partial charge in [-0.15, -0.1) is 0 Å². The lowest BCUT2D eigenvalue weighted by Crippen LogP contribution is -2.04. The van der Waals surface area contributed by atoms with Crippen molar-refractivity contribution in [3.8, 4) is 22.8 Å². The molecule has 1 aromatic heterocycles. The largest absolute Gasteiger partial charge is 0.493 e. The van der Waals surface area contributed by atoms with Crippen molar-refractivity contribution in [1.29, 1.82) is 0 Å². The number of aliphatic imine (C=N–C) groups is 1. The zero-order chi connectivity index (χ0) is 24.0. The summed E-state index contributed by atoms with van der Waals surface area (Å²) in [5, 5.41) is 0. The van der Waals surface area contributed by atoms with Crippen LogP contribution in [-0.4, -0.2) is 44.4 Å². The van der Waals surface area contributed by atoms with Crippen molar-refractivity contribution >= 4 is 21.4 Å². The minimum atomic E-state index is -4.58. The van der Waals surface area contributed by atoms with Crippen LogP contribution >= 0.6 is 0 Å². The molecule has 0 radical (unpaired) electrons. The third-order valence-electron chi connectivity index (χ3n) is 4.78. The summed E-state index contributed by atoms with van der Waals surface area (Å²) >= 11 is 0. The number of hydrogen-bond acceptors (Lipinski definition) is 7. The van der Waals surface area contributed by atoms with E-state index in [4.69, 9.17) is 13.9 Å². The predicted octanol–water partition coefficient (Wildman–Crippen LogP) is 4.91. The summed E-state index contributed by atoms with van der Waals surface area (Å²) in [5.74, 6) is 0.657. The standard InChI is InChI=1S/C24H26N2O6S/c1-5-9-18(17-10-7-8-11-19(17)25-12-6-2)24-26-15-21(32-24)16-13-20(30-3)23(31-4)22(14-16)33(27,28)29/h5,7-11,13-15H,6,12H2,1-4H3,(H,27,28,29)/b9-5-,18-17+,25-19+. The fourth-order valence-corrected chi connectivity index (χ4v) is 4.00. The first-order valence-electron chi connectivity index (χ1n) is 10.3. The topological polar surface area (TPSA) is 111 Å². The number of methoxy groups -OCH3 is 2. The molecule has 0 saturated heterocycles. The highest BCUT2D eigenvalue weighted by Crippen LogP contribution is 2.39. The van der Waals surface area contributed by atoms with Crippen LogP contribution in [0, 0.1) is 0 Å². The fraction of sp³-hybridized carbons (Fsp3) is 0.250. The Balaban J connectivity index is 2.16. The summed E-state index contributed by atoms with van der Waals surface area (Å²) in [5.41, 5.74) is 2.77. The Bertz CT molecular complexity index is 1280. The molecule has 0 fully saturated rings. The number of benzene rings is 1. The lowest BCUT2D eigenvalue weighted by Gasteiger charge is -2.12. The fourth-order valence-electron chi connectivity index (χ4n) is 3.31. The molecule has 0 bridgehead atoms. The van der Waals surface area contributed by atoms with Gasteiger partial charge in [0.15, 0.2) is 17.3 Å². The lowest BCUT2D eigenvalue weighted by atomic mass is 9.98. The van der Waals surface area contributed by atoms with Gasteiger partial charge >= 0.3 is 0 Å². The van der Waals surface area contributed by atoms with E-state index < -0.39 is 15.0 Å². The van der Waals surface area contributed by atoms with Crippen molar-refractivity contribution in [2.75, 3.05) is 20.8 Å². The highest BCUT2D eigenvalue weighted by atomic mass is 32.2. The molecule has 0 unspecified atom stereocenters. The maximum atomic E-state index is 11.9. The molecule has 0 amide bonds. The SMILES string of the molecule is C\C=C/C(=C1/C=CC=C/C1=N\CCC)c1ncc(-c2cc(OC)c(OC)c(S(=O)(=O)O)c2)o1. The van der Waals surface area contributed by atoms with E-state index in [1.54, 1.807) is 6.07 Å². The number of oxazole rings is 1. The molecule has 33 heavy (non-hydrogen) atoms. The Morgan fingerprint density at radius 1 is 1.21 bits per heavy atom. The van der Waals surface area contributed by atoms with Gasteiger partial charge in [0.05, 0.1) is 26.1 Å². The number of hydrogen-bond donors (Lipinski definition) is 1. The second-order valence-corrected chi connectivity index (χ2v) is 8.42. The monoisotopic (exact) mass is 470 g/mol. The molecule has 1 heterocycles. The maximum absolute atomic E-state index is 11.9. The number of aromatic nitrogens is 1. The van der Waals surface area contributed by atoms with Gasteiger partial charge in [-0.2, -0.15) is 8.42 Å². The second-order valence-electron chi connectivity index (χ2n) is 7.03. The van der Waals surface area contributed by atoms with E-state index in [0.29, 0.717) is 23.8 Å². The summed E-state index contributed by atoms with van der Waals surface area (Å²) in [7, 11) is -1.92. The first-order chi connectivity index (χ1) is 15.8. The van der Waals surface area contributed by atoms with E-state index in [1.165, 1.54) is 26.5 Å². The van der Waals surface area contributed by atoms with Gasteiger partial charge in [0.25, 0.3) is 10.1 Å². The van der Waals surface area contributed by atoms with Crippen LogP contribution in [0.2, 0.25) is 0 Å². The molecule has 8 nitrogen and oxygen atoms in total. The summed E-state index contributed by atoms with van der Waals surface area (Å²) in [6.45, 7) is 4.65. The lowest BCUT2D eigenvalue weighted by molar-refractivity contribution is 0.345. The Hall–Kier alpha value is -3.43. The van der Waals surface area contributed by atoms with E-state index in [1.807, 2.05) is 43.4 Å². The van der Waals surface area contributed by atoms with Crippen molar-refractivity contribution < 1.29 is 26.9 Å². The van der Waals surface area contributed by atoms with Gasteiger partial charge in [-0.25, -0.2) is 4.98 Å². The Morgan fingerprint density at radius 2 is 1.97 bits per heavy atom. The first-order valence-corrected chi connectivity index (χ1v) is 11.7. The molecule has 0 spiro atoms. The van der Waals surface area contributed by atoms with Crippen molar-refractivity contribution in [3.63, 3.8) is 0 Å². The van der Waals surface area contributed by atoms with Crippen molar-refractivity contribution in [1.82, 2.24) is 4.98 Å². The normalized spacial score (nSPS) is 16.6. The van der Waals surface area contributed by atoms with E-state index in [9.17, 15) is 13.0 Å². The van der Waals surface area contributed by atoms with E-state index in [0.717, 1.165) is 23.3 Å².